The Balaban J connectivity index is 1.89. The van der Waals surface area contributed by atoms with Gasteiger partial charge in [0.1, 0.15) is 0 Å². The summed E-state index contributed by atoms with van der Waals surface area (Å²) in [5.74, 6) is 0.906. The molecule has 1 saturated carbocycles. The first kappa shape index (κ1) is 18.8. The number of amides is 1. The van der Waals surface area contributed by atoms with Crippen molar-refractivity contribution in [3.05, 3.63) is 22.4 Å². The van der Waals surface area contributed by atoms with E-state index in [9.17, 15) is 4.79 Å². The van der Waals surface area contributed by atoms with E-state index in [0.29, 0.717) is 13.0 Å². The number of thiophene rings is 1. The maximum absolute atomic E-state index is 11.7. The lowest BCUT2D eigenvalue weighted by Gasteiger charge is -2.37. The molecule has 0 saturated heterocycles. The number of rotatable bonds is 6. The number of hydrogen-bond donors (Lipinski definition) is 2. The van der Waals surface area contributed by atoms with Crippen molar-refractivity contribution < 1.29 is 4.79 Å². The smallest absolute Gasteiger partial charge is 0.223 e. The van der Waals surface area contributed by atoms with Crippen LogP contribution >= 0.6 is 11.3 Å². The van der Waals surface area contributed by atoms with E-state index in [4.69, 9.17) is 0 Å². The lowest BCUT2D eigenvalue weighted by atomic mass is 9.73. The fourth-order valence-electron chi connectivity index (χ4n) is 3.30. The summed E-state index contributed by atoms with van der Waals surface area (Å²) in [6.07, 6.45) is 6.87. The first-order valence-electron chi connectivity index (χ1n) is 8.76. The molecule has 6 heteroatoms. The van der Waals surface area contributed by atoms with Crippen LogP contribution in [0, 0.1) is 0 Å². The molecule has 0 unspecified atom stereocenters. The zero-order valence-electron chi connectivity index (χ0n) is 15.1. The van der Waals surface area contributed by atoms with Crippen LogP contribution in [0.4, 0.5) is 0 Å². The number of carbonyl (C=O) groups is 1. The Kier molecular flexibility index (Phi) is 7.09. The van der Waals surface area contributed by atoms with Crippen LogP contribution in [0.15, 0.2) is 22.5 Å². The second-order valence-corrected chi connectivity index (χ2v) is 7.66. The second-order valence-electron chi connectivity index (χ2n) is 6.71. The van der Waals surface area contributed by atoms with E-state index >= 15 is 0 Å². The molecule has 0 spiro atoms. The van der Waals surface area contributed by atoms with E-state index in [1.165, 1.54) is 37.0 Å². The van der Waals surface area contributed by atoms with Gasteiger partial charge in [-0.2, -0.15) is 0 Å². The molecule has 134 valence electrons. The van der Waals surface area contributed by atoms with Crippen molar-refractivity contribution >= 4 is 23.2 Å². The molecule has 0 aromatic carbocycles. The summed E-state index contributed by atoms with van der Waals surface area (Å²) >= 11 is 1.86. The average Bonchev–Trinajstić information content (AvgIpc) is 3.13. The Hall–Kier alpha value is -1.56. The number of guanidine groups is 1. The topological polar surface area (TPSA) is 56.7 Å². The summed E-state index contributed by atoms with van der Waals surface area (Å²) in [5.41, 5.74) is 0.226. The predicted molar refractivity (Wildman–Crippen MR) is 102 cm³/mol. The van der Waals surface area contributed by atoms with Crippen molar-refractivity contribution in [3.63, 3.8) is 0 Å². The van der Waals surface area contributed by atoms with Crippen molar-refractivity contribution in [1.82, 2.24) is 15.5 Å². The Labute approximate surface area is 149 Å². The lowest BCUT2D eigenvalue weighted by Crippen LogP contribution is -2.46. The average molecular weight is 351 g/mol. The fourth-order valence-corrected chi connectivity index (χ4v) is 4.29. The minimum Gasteiger partial charge on any atom is -0.356 e. The van der Waals surface area contributed by atoms with Gasteiger partial charge < -0.3 is 15.5 Å². The molecular formula is C18H30N4OS. The van der Waals surface area contributed by atoms with Crippen LogP contribution in [-0.2, 0) is 10.2 Å². The summed E-state index contributed by atoms with van der Waals surface area (Å²) in [6.45, 7) is 1.50. The van der Waals surface area contributed by atoms with Gasteiger partial charge in [-0.25, -0.2) is 0 Å². The van der Waals surface area contributed by atoms with Gasteiger partial charge in [0.05, 0.1) is 0 Å². The Morgan fingerprint density at radius 1 is 1.29 bits per heavy atom. The van der Waals surface area contributed by atoms with Crippen LogP contribution in [0.2, 0.25) is 0 Å². The zero-order chi connectivity index (χ0) is 17.4. The Morgan fingerprint density at radius 3 is 2.62 bits per heavy atom. The van der Waals surface area contributed by atoms with E-state index in [2.05, 4.69) is 33.1 Å². The van der Waals surface area contributed by atoms with Gasteiger partial charge in [0.15, 0.2) is 5.96 Å². The minimum atomic E-state index is 0.125. The van der Waals surface area contributed by atoms with Crippen molar-refractivity contribution in [1.29, 1.82) is 0 Å². The highest BCUT2D eigenvalue weighted by atomic mass is 32.1. The van der Waals surface area contributed by atoms with Gasteiger partial charge in [0.25, 0.3) is 0 Å². The van der Waals surface area contributed by atoms with Gasteiger partial charge >= 0.3 is 0 Å². The van der Waals surface area contributed by atoms with Crippen LogP contribution < -0.4 is 10.6 Å². The summed E-state index contributed by atoms with van der Waals surface area (Å²) in [5, 5.41) is 8.92. The first-order valence-corrected chi connectivity index (χ1v) is 9.64. The SMILES string of the molecule is CN=C(NCCC(=O)N(C)C)NCC1(c2cccs2)CCCCC1. The fraction of sp³-hybridized carbons (Fsp3) is 0.667. The molecule has 1 amide bonds. The van der Waals surface area contributed by atoms with E-state index in [1.54, 1.807) is 26.0 Å². The van der Waals surface area contributed by atoms with E-state index in [1.807, 2.05) is 11.3 Å². The Morgan fingerprint density at radius 2 is 2.04 bits per heavy atom. The largest absolute Gasteiger partial charge is 0.356 e. The third kappa shape index (κ3) is 4.97. The maximum atomic E-state index is 11.7. The number of carbonyl (C=O) groups excluding carboxylic acids is 1. The maximum Gasteiger partial charge on any atom is 0.223 e. The van der Waals surface area contributed by atoms with Gasteiger partial charge in [-0.05, 0) is 24.3 Å². The summed E-state index contributed by atoms with van der Waals surface area (Å²) in [4.78, 5) is 19.0. The van der Waals surface area contributed by atoms with E-state index in [0.717, 1.165) is 12.5 Å². The highest BCUT2D eigenvalue weighted by Gasteiger charge is 2.34. The predicted octanol–water partition coefficient (Wildman–Crippen LogP) is 2.59. The van der Waals surface area contributed by atoms with E-state index in [-0.39, 0.29) is 11.3 Å². The summed E-state index contributed by atoms with van der Waals surface area (Å²) in [6, 6.07) is 4.42. The van der Waals surface area contributed by atoms with Crippen LogP contribution in [-0.4, -0.2) is 51.0 Å². The highest BCUT2D eigenvalue weighted by Crippen LogP contribution is 2.41. The normalized spacial score (nSPS) is 17.4. The van der Waals surface area contributed by atoms with Crippen molar-refractivity contribution in [2.24, 2.45) is 4.99 Å². The molecule has 1 fully saturated rings. The molecule has 24 heavy (non-hydrogen) atoms. The molecule has 0 bridgehead atoms. The van der Waals surface area contributed by atoms with Crippen LogP contribution in [0.25, 0.3) is 0 Å². The molecule has 0 aliphatic heterocycles. The minimum absolute atomic E-state index is 0.125. The first-order chi connectivity index (χ1) is 11.6. The standard InChI is InChI=1S/C18H30N4OS/c1-19-17(20-12-9-16(23)22(2)3)21-14-18(10-5-4-6-11-18)15-8-7-13-24-15/h7-8,13H,4-6,9-12,14H2,1-3H3,(H2,19,20,21). The van der Waals surface area contributed by atoms with Crippen LogP contribution in [0.3, 0.4) is 0 Å². The molecular weight excluding hydrogens is 320 g/mol. The monoisotopic (exact) mass is 350 g/mol. The van der Waals surface area contributed by atoms with Crippen molar-refractivity contribution in [2.45, 2.75) is 43.9 Å². The van der Waals surface area contributed by atoms with Crippen molar-refractivity contribution in [2.75, 3.05) is 34.2 Å². The molecule has 2 rings (SSSR count). The number of nitrogens with zero attached hydrogens (tertiary/aromatic N) is 2. The quantitative estimate of drug-likeness (QED) is 0.612. The summed E-state index contributed by atoms with van der Waals surface area (Å²) in [7, 11) is 5.34. The molecule has 1 aromatic rings. The lowest BCUT2D eigenvalue weighted by molar-refractivity contribution is -0.128. The van der Waals surface area contributed by atoms with Crippen molar-refractivity contribution in [3.8, 4) is 0 Å². The van der Waals surface area contributed by atoms with Gasteiger partial charge in [0.2, 0.25) is 5.91 Å². The van der Waals surface area contributed by atoms with Gasteiger partial charge in [-0.3, -0.25) is 9.79 Å². The third-order valence-corrected chi connectivity index (χ3v) is 5.92. The highest BCUT2D eigenvalue weighted by molar-refractivity contribution is 7.10. The molecule has 5 nitrogen and oxygen atoms in total. The molecule has 1 aliphatic rings. The second kappa shape index (κ2) is 9.06. The third-order valence-electron chi connectivity index (χ3n) is 4.80. The summed E-state index contributed by atoms with van der Waals surface area (Å²) < 4.78 is 0. The molecule has 2 N–H and O–H groups in total. The van der Waals surface area contributed by atoms with E-state index < -0.39 is 0 Å². The van der Waals surface area contributed by atoms with Gasteiger partial charge in [-0.15, -0.1) is 11.3 Å². The number of hydrogen-bond acceptors (Lipinski definition) is 3. The van der Waals surface area contributed by atoms with Crippen LogP contribution in [0.5, 0.6) is 0 Å². The Bertz CT molecular complexity index is 533. The van der Waals surface area contributed by atoms with Gasteiger partial charge in [-0.1, -0.05) is 25.3 Å². The van der Waals surface area contributed by atoms with Crippen LogP contribution in [0.1, 0.15) is 43.4 Å². The molecule has 1 heterocycles. The molecule has 1 aromatic heterocycles. The molecule has 0 radical (unpaired) electrons. The molecule has 0 atom stereocenters. The number of aliphatic imine (C=N–C) groups is 1. The molecule has 1 aliphatic carbocycles. The number of nitrogens with one attached hydrogen (secondary N) is 2. The zero-order valence-corrected chi connectivity index (χ0v) is 15.9. The van der Waals surface area contributed by atoms with Gasteiger partial charge in [0, 0.05) is 50.9 Å².